The van der Waals surface area contributed by atoms with Gasteiger partial charge < -0.3 is 10.1 Å². The second kappa shape index (κ2) is 7.96. The molecule has 3 nitrogen and oxygen atoms in total. The summed E-state index contributed by atoms with van der Waals surface area (Å²) in [6.45, 7) is 1.76. The number of rotatable bonds is 3. The van der Waals surface area contributed by atoms with E-state index in [1.165, 1.54) is 12.8 Å². The van der Waals surface area contributed by atoms with Crippen molar-refractivity contribution in [2.45, 2.75) is 18.9 Å². The molecule has 92 valence electrons. The fraction of sp³-hybridized carbons (Fsp3) is 0.500. The Kier molecular flexibility index (Phi) is 7.85. The van der Waals surface area contributed by atoms with Crippen molar-refractivity contribution in [2.24, 2.45) is 0 Å². The zero-order chi connectivity index (χ0) is 9.80. The zero-order valence-corrected chi connectivity index (χ0v) is 11.1. The molecule has 0 aromatic carbocycles. The number of pyridine rings is 1. The van der Waals surface area contributed by atoms with E-state index in [-0.39, 0.29) is 24.8 Å². The Labute approximate surface area is 113 Å². The number of halogens is 3. The van der Waals surface area contributed by atoms with E-state index in [2.05, 4.69) is 10.3 Å². The standard InChI is InChI=1S/C10H13ClN2O.2ClH/c11-10-9(4-2-6-13-10)14-7-8-3-1-5-12-8;;/h2,4,6,8,12H,1,3,5,7H2;2*1H/t8-;;/m0../s1. The fourth-order valence-electron chi connectivity index (χ4n) is 1.57. The van der Waals surface area contributed by atoms with E-state index in [9.17, 15) is 0 Å². The highest BCUT2D eigenvalue weighted by atomic mass is 35.5. The predicted octanol–water partition coefficient (Wildman–Crippen LogP) is 2.71. The highest BCUT2D eigenvalue weighted by Crippen LogP contribution is 2.20. The molecule has 0 bridgehead atoms. The monoisotopic (exact) mass is 284 g/mol. The van der Waals surface area contributed by atoms with Crippen molar-refractivity contribution in [3.63, 3.8) is 0 Å². The van der Waals surface area contributed by atoms with Gasteiger partial charge in [-0.25, -0.2) is 4.98 Å². The molecule has 1 aliphatic heterocycles. The molecule has 0 amide bonds. The maximum absolute atomic E-state index is 5.85. The first kappa shape index (κ1) is 15.8. The van der Waals surface area contributed by atoms with Gasteiger partial charge in [-0.3, -0.25) is 0 Å². The Morgan fingerprint density at radius 2 is 2.31 bits per heavy atom. The Morgan fingerprint density at radius 3 is 2.94 bits per heavy atom. The van der Waals surface area contributed by atoms with Crippen LogP contribution in [0, 0.1) is 0 Å². The third-order valence-electron chi connectivity index (χ3n) is 2.33. The summed E-state index contributed by atoms with van der Waals surface area (Å²) in [6.07, 6.45) is 4.07. The van der Waals surface area contributed by atoms with Gasteiger partial charge in [0.2, 0.25) is 0 Å². The van der Waals surface area contributed by atoms with Crippen LogP contribution in [0.15, 0.2) is 18.3 Å². The van der Waals surface area contributed by atoms with Gasteiger partial charge in [-0.2, -0.15) is 0 Å². The molecule has 1 N–H and O–H groups in total. The van der Waals surface area contributed by atoms with Crippen LogP contribution in [0.5, 0.6) is 5.75 Å². The van der Waals surface area contributed by atoms with Gasteiger partial charge in [0, 0.05) is 12.2 Å². The molecule has 1 aliphatic rings. The molecule has 16 heavy (non-hydrogen) atoms. The molecule has 1 atom stereocenters. The molecule has 1 aromatic rings. The summed E-state index contributed by atoms with van der Waals surface area (Å²) in [5.41, 5.74) is 0. The predicted molar refractivity (Wildman–Crippen MR) is 70.3 cm³/mol. The summed E-state index contributed by atoms with van der Waals surface area (Å²) in [6, 6.07) is 4.12. The minimum atomic E-state index is 0. The minimum absolute atomic E-state index is 0. The summed E-state index contributed by atoms with van der Waals surface area (Å²) < 4.78 is 5.56. The van der Waals surface area contributed by atoms with Crippen LogP contribution in [0.4, 0.5) is 0 Å². The topological polar surface area (TPSA) is 34.1 Å². The van der Waals surface area contributed by atoms with Crippen LogP contribution < -0.4 is 10.1 Å². The molecule has 0 unspecified atom stereocenters. The molecule has 1 aromatic heterocycles. The van der Waals surface area contributed by atoms with Crippen LogP contribution in [0.25, 0.3) is 0 Å². The van der Waals surface area contributed by atoms with Crippen LogP contribution in [0.2, 0.25) is 5.15 Å². The molecule has 0 spiro atoms. The fourth-order valence-corrected chi connectivity index (χ4v) is 1.74. The van der Waals surface area contributed by atoms with Crippen molar-refractivity contribution in [1.29, 1.82) is 0 Å². The summed E-state index contributed by atoms with van der Waals surface area (Å²) >= 11 is 5.85. The SMILES string of the molecule is Cl.Cl.Clc1ncccc1OC[C@@H]1CCCN1. The maximum atomic E-state index is 5.85. The molecule has 2 rings (SSSR count). The molecule has 0 saturated carbocycles. The summed E-state index contributed by atoms with van der Waals surface area (Å²) in [4.78, 5) is 3.94. The highest BCUT2D eigenvalue weighted by Gasteiger charge is 2.14. The Balaban J connectivity index is 0.00000112. The quantitative estimate of drug-likeness (QED) is 0.867. The molecular formula is C10H15Cl3N2O. The number of aromatic nitrogens is 1. The van der Waals surface area contributed by atoms with E-state index in [4.69, 9.17) is 16.3 Å². The van der Waals surface area contributed by atoms with Crippen LogP contribution in [0.3, 0.4) is 0 Å². The van der Waals surface area contributed by atoms with Crippen molar-refractivity contribution in [1.82, 2.24) is 10.3 Å². The lowest BCUT2D eigenvalue weighted by Gasteiger charge is -2.12. The summed E-state index contributed by atoms with van der Waals surface area (Å²) in [5.74, 6) is 0.669. The smallest absolute Gasteiger partial charge is 0.171 e. The molecular weight excluding hydrogens is 270 g/mol. The molecule has 0 aliphatic carbocycles. The highest BCUT2D eigenvalue weighted by molar-refractivity contribution is 6.30. The third kappa shape index (κ3) is 4.34. The van der Waals surface area contributed by atoms with Gasteiger partial charge >= 0.3 is 0 Å². The lowest BCUT2D eigenvalue weighted by atomic mass is 10.2. The lowest BCUT2D eigenvalue weighted by Crippen LogP contribution is -2.28. The first-order chi connectivity index (χ1) is 6.86. The Hall–Kier alpha value is -0.220. The zero-order valence-electron chi connectivity index (χ0n) is 8.69. The number of nitrogens with zero attached hydrogens (tertiary/aromatic N) is 1. The average molecular weight is 286 g/mol. The maximum Gasteiger partial charge on any atom is 0.171 e. The van der Waals surface area contributed by atoms with E-state index in [0.717, 1.165) is 6.54 Å². The first-order valence-electron chi connectivity index (χ1n) is 4.83. The van der Waals surface area contributed by atoms with Gasteiger partial charge in [-0.1, -0.05) is 11.6 Å². The molecule has 2 heterocycles. The van der Waals surface area contributed by atoms with Crippen molar-refractivity contribution >= 4 is 36.4 Å². The van der Waals surface area contributed by atoms with Gasteiger partial charge in [0.25, 0.3) is 0 Å². The third-order valence-corrected chi connectivity index (χ3v) is 2.61. The molecule has 1 fully saturated rings. The largest absolute Gasteiger partial charge is 0.489 e. The number of nitrogens with one attached hydrogen (secondary N) is 1. The Morgan fingerprint density at radius 1 is 1.50 bits per heavy atom. The number of hydrogen-bond donors (Lipinski definition) is 1. The summed E-state index contributed by atoms with van der Waals surface area (Å²) in [7, 11) is 0. The van der Waals surface area contributed by atoms with Gasteiger partial charge in [0.1, 0.15) is 6.61 Å². The summed E-state index contributed by atoms with van der Waals surface area (Å²) in [5, 5.41) is 3.79. The van der Waals surface area contributed by atoms with E-state index in [0.29, 0.717) is 23.6 Å². The van der Waals surface area contributed by atoms with Crippen LogP contribution in [0.1, 0.15) is 12.8 Å². The van der Waals surface area contributed by atoms with Crippen molar-refractivity contribution < 1.29 is 4.74 Å². The van der Waals surface area contributed by atoms with E-state index < -0.39 is 0 Å². The minimum Gasteiger partial charge on any atom is -0.489 e. The van der Waals surface area contributed by atoms with Crippen LogP contribution >= 0.6 is 36.4 Å². The average Bonchev–Trinajstić information content (AvgIpc) is 2.69. The van der Waals surface area contributed by atoms with Crippen LogP contribution in [-0.4, -0.2) is 24.2 Å². The van der Waals surface area contributed by atoms with E-state index >= 15 is 0 Å². The van der Waals surface area contributed by atoms with Crippen molar-refractivity contribution in [2.75, 3.05) is 13.2 Å². The van der Waals surface area contributed by atoms with E-state index in [1.807, 2.05) is 12.1 Å². The van der Waals surface area contributed by atoms with Gasteiger partial charge in [0.05, 0.1) is 0 Å². The Bertz CT molecular complexity index is 306. The first-order valence-corrected chi connectivity index (χ1v) is 5.21. The van der Waals surface area contributed by atoms with Crippen molar-refractivity contribution in [3.05, 3.63) is 23.5 Å². The van der Waals surface area contributed by atoms with Gasteiger partial charge in [0.15, 0.2) is 10.9 Å². The number of ether oxygens (including phenoxy) is 1. The van der Waals surface area contributed by atoms with Crippen molar-refractivity contribution in [3.8, 4) is 5.75 Å². The second-order valence-electron chi connectivity index (χ2n) is 3.40. The molecule has 0 radical (unpaired) electrons. The second-order valence-corrected chi connectivity index (χ2v) is 3.75. The van der Waals surface area contributed by atoms with Crippen LogP contribution in [-0.2, 0) is 0 Å². The van der Waals surface area contributed by atoms with E-state index in [1.54, 1.807) is 6.20 Å². The molecule has 1 saturated heterocycles. The normalized spacial score (nSPS) is 18.4. The lowest BCUT2D eigenvalue weighted by molar-refractivity contribution is 0.276. The van der Waals surface area contributed by atoms with Gasteiger partial charge in [-0.05, 0) is 31.5 Å². The molecule has 6 heteroatoms. The van der Waals surface area contributed by atoms with Gasteiger partial charge in [-0.15, -0.1) is 24.8 Å². The number of hydrogen-bond acceptors (Lipinski definition) is 3.